The van der Waals surface area contributed by atoms with E-state index in [1.54, 1.807) is 19.6 Å². The number of ether oxygens (including phenoxy) is 1. The molecule has 0 spiro atoms. The maximum absolute atomic E-state index is 5.33. The van der Waals surface area contributed by atoms with Crippen LogP contribution in [-0.2, 0) is 6.54 Å². The number of benzene rings is 1. The number of aromatic nitrogens is 2. The molecule has 3 heterocycles. The number of anilines is 3. The Hall–Kier alpha value is -3.22. The number of nitrogens with zero attached hydrogens (tertiary/aromatic N) is 4. The van der Waals surface area contributed by atoms with Crippen molar-refractivity contribution < 1.29 is 9.15 Å². The van der Waals surface area contributed by atoms with Gasteiger partial charge in [0.05, 0.1) is 19.9 Å². The first-order valence-electron chi connectivity index (χ1n) is 9.05. The second-order valence-corrected chi connectivity index (χ2v) is 6.34. The van der Waals surface area contributed by atoms with Crippen LogP contribution in [0.3, 0.4) is 0 Å². The van der Waals surface area contributed by atoms with Crippen molar-refractivity contribution in [1.29, 1.82) is 0 Å². The van der Waals surface area contributed by atoms with Crippen molar-refractivity contribution in [2.75, 3.05) is 48.4 Å². The van der Waals surface area contributed by atoms with Gasteiger partial charge in [-0.15, -0.1) is 0 Å². The lowest BCUT2D eigenvalue weighted by atomic mass is 10.2. The zero-order valence-electron chi connectivity index (χ0n) is 15.3. The average molecular weight is 365 g/mol. The quantitative estimate of drug-likeness (QED) is 0.720. The summed E-state index contributed by atoms with van der Waals surface area (Å²) in [6.45, 7) is 4.31. The van der Waals surface area contributed by atoms with E-state index in [4.69, 9.17) is 9.15 Å². The number of nitrogens with one attached hydrogen (secondary N) is 1. The Bertz CT molecular complexity index is 843. The molecule has 7 heteroatoms. The van der Waals surface area contributed by atoms with Gasteiger partial charge in [-0.25, -0.2) is 4.98 Å². The zero-order valence-corrected chi connectivity index (χ0v) is 15.3. The van der Waals surface area contributed by atoms with Crippen molar-refractivity contribution in [1.82, 2.24) is 9.97 Å². The summed E-state index contributed by atoms with van der Waals surface area (Å²) in [6.07, 6.45) is 3.46. The van der Waals surface area contributed by atoms with Gasteiger partial charge in [0.1, 0.15) is 17.3 Å². The van der Waals surface area contributed by atoms with Crippen LogP contribution in [0.1, 0.15) is 5.76 Å². The van der Waals surface area contributed by atoms with Crippen LogP contribution in [0.4, 0.5) is 17.5 Å². The minimum atomic E-state index is 0.571. The van der Waals surface area contributed by atoms with Crippen molar-refractivity contribution in [3.8, 4) is 5.75 Å². The fourth-order valence-electron chi connectivity index (χ4n) is 3.18. The molecule has 0 atom stereocenters. The molecule has 1 saturated heterocycles. The fourth-order valence-corrected chi connectivity index (χ4v) is 3.18. The van der Waals surface area contributed by atoms with Crippen LogP contribution in [-0.4, -0.2) is 43.3 Å². The van der Waals surface area contributed by atoms with Gasteiger partial charge in [-0.1, -0.05) is 0 Å². The van der Waals surface area contributed by atoms with Crippen molar-refractivity contribution in [2.45, 2.75) is 6.54 Å². The summed E-state index contributed by atoms with van der Waals surface area (Å²) >= 11 is 0. The summed E-state index contributed by atoms with van der Waals surface area (Å²) in [7, 11) is 1.69. The highest BCUT2D eigenvalue weighted by Crippen LogP contribution is 2.22. The number of rotatable bonds is 6. The maximum atomic E-state index is 5.33. The third-order valence-electron chi connectivity index (χ3n) is 4.68. The van der Waals surface area contributed by atoms with E-state index in [-0.39, 0.29) is 0 Å². The Labute approximate surface area is 158 Å². The van der Waals surface area contributed by atoms with Crippen molar-refractivity contribution in [3.63, 3.8) is 0 Å². The van der Waals surface area contributed by atoms with Gasteiger partial charge >= 0.3 is 0 Å². The normalized spacial score (nSPS) is 14.3. The average Bonchev–Trinajstić information content (AvgIpc) is 3.26. The van der Waals surface area contributed by atoms with Gasteiger partial charge in [0, 0.05) is 38.1 Å². The fraction of sp³-hybridized carbons (Fsp3) is 0.300. The Balaban J connectivity index is 1.35. The Morgan fingerprint density at radius 2 is 1.81 bits per heavy atom. The van der Waals surface area contributed by atoms with Crippen LogP contribution in [0.5, 0.6) is 5.75 Å². The Kier molecular flexibility index (Phi) is 5.09. The van der Waals surface area contributed by atoms with Gasteiger partial charge in [-0.3, -0.25) is 0 Å². The van der Waals surface area contributed by atoms with Gasteiger partial charge in [-0.2, -0.15) is 4.98 Å². The topological polar surface area (TPSA) is 66.7 Å². The number of hydrogen-bond donors (Lipinski definition) is 1. The third kappa shape index (κ3) is 4.13. The van der Waals surface area contributed by atoms with E-state index in [2.05, 4.69) is 37.2 Å². The van der Waals surface area contributed by atoms with Crippen molar-refractivity contribution in [3.05, 3.63) is 60.7 Å². The summed E-state index contributed by atoms with van der Waals surface area (Å²) in [6, 6.07) is 14.0. The lowest BCUT2D eigenvalue weighted by Gasteiger charge is -2.36. The molecule has 7 nitrogen and oxygen atoms in total. The standard InChI is InChI=1S/C20H23N5O2/c1-26-17-6-4-16(5-7-17)24-10-12-25(13-11-24)19-8-9-21-20(23-19)22-15-18-3-2-14-27-18/h2-9,14H,10-13,15H2,1H3,(H,21,22,23). The molecule has 0 unspecified atom stereocenters. The summed E-state index contributed by atoms with van der Waals surface area (Å²) in [5, 5.41) is 3.21. The first-order valence-corrected chi connectivity index (χ1v) is 9.05. The second kappa shape index (κ2) is 7.99. The van der Waals surface area contributed by atoms with E-state index in [1.165, 1.54) is 5.69 Å². The highest BCUT2D eigenvalue weighted by molar-refractivity contribution is 5.51. The molecule has 0 amide bonds. The Morgan fingerprint density at radius 1 is 1.04 bits per heavy atom. The highest BCUT2D eigenvalue weighted by atomic mass is 16.5. The predicted molar refractivity (Wildman–Crippen MR) is 105 cm³/mol. The van der Waals surface area contributed by atoms with E-state index in [9.17, 15) is 0 Å². The molecule has 2 aromatic heterocycles. The van der Waals surface area contributed by atoms with Crippen LogP contribution < -0.4 is 19.9 Å². The third-order valence-corrected chi connectivity index (χ3v) is 4.68. The molecule has 0 aliphatic carbocycles. The zero-order chi connectivity index (χ0) is 18.5. The molecule has 1 N–H and O–H groups in total. The van der Waals surface area contributed by atoms with Gasteiger partial charge < -0.3 is 24.3 Å². The summed E-state index contributed by atoms with van der Waals surface area (Å²) in [5.74, 6) is 3.30. The molecule has 3 aromatic rings. The van der Waals surface area contributed by atoms with Gasteiger partial charge in [0.2, 0.25) is 5.95 Å². The predicted octanol–water partition coefficient (Wildman–Crippen LogP) is 3.02. The number of hydrogen-bond acceptors (Lipinski definition) is 7. The van der Waals surface area contributed by atoms with Crippen LogP contribution in [0.15, 0.2) is 59.3 Å². The first-order chi connectivity index (χ1) is 13.3. The molecular formula is C20H23N5O2. The lowest BCUT2D eigenvalue weighted by Crippen LogP contribution is -2.46. The van der Waals surface area contributed by atoms with Crippen LogP contribution in [0.25, 0.3) is 0 Å². The number of furan rings is 1. The molecule has 1 aliphatic heterocycles. The van der Waals surface area contributed by atoms with Crippen LogP contribution in [0.2, 0.25) is 0 Å². The van der Waals surface area contributed by atoms with Crippen LogP contribution >= 0.6 is 0 Å². The van der Waals surface area contributed by atoms with Gasteiger partial charge in [0.25, 0.3) is 0 Å². The maximum Gasteiger partial charge on any atom is 0.224 e. The van der Waals surface area contributed by atoms with Crippen LogP contribution in [0, 0.1) is 0 Å². The molecular weight excluding hydrogens is 342 g/mol. The molecule has 0 bridgehead atoms. The van der Waals surface area contributed by atoms with Gasteiger partial charge in [0.15, 0.2) is 0 Å². The smallest absolute Gasteiger partial charge is 0.224 e. The minimum Gasteiger partial charge on any atom is -0.497 e. The second-order valence-electron chi connectivity index (χ2n) is 6.34. The van der Waals surface area contributed by atoms with E-state index in [0.29, 0.717) is 12.5 Å². The summed E-state index contributed by atoms with van der Waals surface area (Å²) in [4.78, 5) is 13.6. The molecule has 1 aliphatic rings. The first kappa shape index (κ1) is 17.2. The van der Waals surface area contributed by atoms with E-state index in [0.717, 1.165) is 43.5 Å². The molecule has 1 fully saturated rings. The van der Waals surface area contributed by atoms with Crippen molar-refractivity contribution >= 4 is 17.5 Å². The summed E-state index contributed by atoms with van der Waals surface area (Å²) in [5.41, 5.74) is 1.22. The minimum absolute atomic E-state index is 0.571. The summed E-state index contributed by atoms with van der Waals surface area (Å²) < 4.78 is 10.6. The SMILES string of the molecule is COc1ccc(N2CCN(c3ccnc(NCc4ccco4)n3)CC2)cc1. The van der Waals surface area contributed by atoms with E-state index >= 15 is 0 Å². The molecule has 4 rings (SSSR count). The van der Waals surface area contributed by atoms with Crippen molar-refractivity contribution in [2.24, 2.45) is 0 Å². The lowest BCUT2D eigenvalue weighted by molar-refractivity contribution is 0.415. The molecule has 27 heavy (non-hydrogen) atoms. The highest BCUT2D eigenvalue weighted by Gasteiger charge is 2.19. The monoisotopic (exact) mass is 365 g/mol. The Morgan fingerprint density at radius 3 is 2.52 bits per heavy atom. The van der Waals surface area contributed by atoms with E-state index < -0.39 is 0 Å². The molecule has 140 valence electrons. The molecule has 1 aromatic carbocycles. The number of methoxy groups -OCH3 is 1. The van der Waals surface area contributed by atoms with E-state index in [1.807, 2.05) is 30.3 Å². The van der Waals surface area contributed by atoms with Gasteiger partial charge in [-0.05, 0) is 42.5 Å². The molecule has 0 saturated carbocycles. The number of piperazine rings is 1. The largest absolute Gasteiger partial charge is 0.497 e. The molecule has 0 radical (unpaired) electrons.